The second kappa shape index (κ2) is 16.7. The van der Waals surface area contributed by atoms with Gasteiger partial charge in [-0.2, -0.15) is 0 Å². The third-order valence-electron chi connectivity index (χ3n) is 6.44. The fraction of sp³-hybridized carbons (Fsp3) is 0.393. The molecule has 222 valence electrons. The molecule has 0 aliphatic heterocycles. The highest BCUT2D eigenvalue weighted by Gasteiger charge is 2.30. The van der Waals surface area contributed by atoms with E-state index in [1.807, 2.05) is 0 Å². The lowest BCUT2D eigenvalue weighted by molar-refractivity contribution is -0.147. The van der Waals surface area contributed by atoms with Crippen LogP contribution in [0.4, 0.5) is 0 Å². The van der Waals surface area contributed by atoms with Gasteiger partial charge < -0.3 is 25.5 Å². The van der Waals surface area contributed by atoms with E-state index in [1.165, 1.54) is 14.7 Å². The van der Waals surface area contributed by atoms with Crippen LogP contribution in [-0.2, 0) is 36.8 Å². The molecule has 0 bridgehead atoms. The van der Waals surface area contributed by atoms with Crippen molar-refractivity contribution in [3.8, 4) is 0 Å². The average Bonchev–Trinajstić information content (AvgIpc) is 2.90. The van der Waals surface area contributed by atoms with Crippen molar-refractivity contribution < 1.29 is 49.5 Å². The molecular weight excluding hydrogens is 538 g/mol. The van der Waals surface area contributed by atoms with Gasteiger partial charge in [0.1, 0.15) is 12.1 Å². The number of aliphatic carboxylic acids is 5. The van der Waals surface area contributed by atoms with E-state index in [4.69, 9.17) is 0 Å². The van der Waals surface area contributed by atoms with Crippen molar-refractivity contribution in [2.24, 2.45) is 0 Å². The smallest absolute Gasteiger partial charge is 0.321 e. The average molecular weight is 574 g/mol. The van der Waals surface area contributed by atoms with Crippen LogP contribution in [0.3, 0.4) is 0 Å². The third-order valence-corrected chi connectivity index (χ3v) is 6.44. The highest BCUT2D eigenvalue weighted by atomic mass is 16.4. The Balaban J connectivity index is 2.20. The molecule has 13 nitrogen and oxygen atoms in total. The molecule has 0 aliphatic carbocycles. The first-order valence-corrected chi connectivity index (χ1v) is 12.9. The zero-order valence-corrected chi connectivity index (χ0v) is 22.4. The fourth-order valence-electron chi connectivity index (χ4n) is 4.46. The minimum Gasteiger partial charge on any atom is -0.480 e. The summed E-state index contributed by atoms with van der Waals surface area (Å²) in [5.41, 5.74) is 1.36. The summed E-state index contributed by atoms with van der Waals surface area (Å²) in [6.45, 7) is -2.06. The molecule has 0 heterocycles. The highest BCUT2D eigenvalue weighted by Crippen LogP contribution is 2.12. The van der Waals surface area contributed by atoms with E-state index in [2.05, 4.69) is 0 Å². The third kappa shape index (κ3) is 12.2. The van der Waals surface area contributed by atoms with Crippen molar-refractivity contribution in [2.75, 3.05) is 45.8 Å². The Morgan fingerprint density at radius 2 is 0.854 bits per heavy atom. The van der Waals surface area contributed by atoms with E-state index in [9.17, 15) is 49.5 Å². The Morgan fingerprint density at radius 1 is 0.512 bits per heavy atom. The first kappa shape index (κ1) is 32.9. The Bertz CT molecular complexity index is 1080. The number of hydrogen-bond acceptors (Lipinski definition) is 8. The van der Waals surface area contributed by atoms with Crippen LogP contribution in [0, 0.1) is 0 Å². The second-order valence-corrected chi connectivity index (χ2v) is 9.49. The van der Waals surface area contributed by atoms with Gasteiger partial charge >= 0.3 is 29.8 Å². The van der Waals surface area contributed by atoms with Crippen molar-refractivity contribution >= 4 is 29.8 Å². The summed E-state index contributed by atoms with van der Waals surface area (Å²) in [4.78, 5) is 62.7. The molecule has 0 amide bonds. The molecule has 2 aromatic rings. The van der Waals surface area contributed by atoms with Crippen LogP contribution in [-0.4, -0.2) is 128 Å². The zero-order chi connectivity index (χ0) is 30.4. The first-order chi connectivity index (χ1) is 19.5. The summed E-state index contributed by atoms with van der Waals surface area (Å²) in [6.07, 6.45) is 0.0447. The first-order valence-electron chi connectivity index (χ1n) is 12.9. The van der Waals surface area contributed by atoms with Gasteiger partial charge in [-0.15, -0.1) is 0 Å². The molecule has 0 spiro atoms. The van der Waals surface area contributed by atoms with Gasteiger partial charge in [0.15, 0.2) is 0 Å². The molecule has 2 rings (SSSR count). The number of carboxylic acids is 5. The highest BCUT2D eigenvalue weighted by molar-refractivity contribution is 5.76. The van der Waals surface area contributed by atoms with Crippen LogP contribution in [0.1, 0.15) is 11.1 Å². The van der Waals surface area contributed by atoms with E-state index in [0.29, 0.717) is 11.1 Å². The number of nitrogens with zero attached hydrogens (tertiary/aromatic N) is 3. The van der Waals surface area contributed by atoms with Gasteiger partial charge in [-0.3, -0.25) is 38.7 Å². The summed E-state index contributed by atoms with van der Waals surface area (Å²) < 4.78 is 0. The van der Waals surface area contributed by atoms with Gasteiger partial charge in [-0.1, -0.05) is 60.7 Å². The minimum absolute atomic E-state index is 0.0224. The van der Waals surface area contributed by atoms with Gasteiger partial charge in [0.05, 0.1) is 19.6 Å². The molecule has 2 aromatic carbocycles. The Labute approximate surface area is 236 Å². The molecular formula is C28H35N3O10. The molecule has 0 saturated carbocycles. The fourth-order valence-corrected chi connectivity index (χ4v) is 4.46. The van der Waals surface area contributed by atoms with Crippen molar-refractivity contribution in [2.45, 2.75) is 24.9 Å². The molecule has 0 aliphatic rings. The zero-order valence-electron chi connectivity index (χ0n) is 22.4. The molecule has 0 radical (unpaired) electrons. The molecule has 0 unspecified atom stereocenters. The van der Waals surface area contributed by atoms with Crippen molar-refractivity contribution in [3.63, 3.8) is 0 Å². The van der Waals surface area contributed by atoms with Crippen LogP contribution < -0.4 is 0 Å². The summed E-state index contributed by atoms with van der Waals surface area (Å²) in [5, 5.41) is 48.0. The number of benzene rings is 2. The molecule has 5 N–H and O–H groups in total. The quantitative estimate of drug-likeness (QED) is 0.147. The van der Waals surface area contributed by atoms with E-state index < -0.39 is 61.6 Å². The lowest BCUT2D eigenvalue weighted by Crippen LogP contribution is -2.51. The molecule has 0 saturated heterocycles. The Hall–Kier alpha value is -4.33. The van der Waals surface area contributed by atoms with Crippen molar-refractivity contribution in [3.05, 3.63) is 71.8 Å². The van der Waals surface area contributed by atoms with Gasteiger partial charge in [0, 0.05) is 26.2 Å². The van der Waals surface area contributed by atoms with Crippen LogP contribution in [0.5, 0.6) is 0 Å². The topological polar surface area (TPSA) is 196 Å². The second-order valence-electron chi connectivity index (χ2n) is 9.49. The summed E-state index contributed by atoms with van der Waals surface area (Å²) in [7, 11) is 0. The maximum absolute atomic E-state index is 12.1. The number of carbonyl (C=O) groups is 5. The molecule has 13 heteroatoms. The predicted molar refractivity (Wildman–Crippen MR) is 146 cm³/mol. The molecule has 0 fully saturated rings. The minimum atomic E-state index is -1.26. The molecule has 2 atom stereocenters. The van der Waals surface area contributed by atoms with E-state index in [-0.39, 0.29) is 39.0 Å². The summed E-state index contributed by atoms with van der Waals surface area (Å²) >= 11 is 0. The summed E-state index contributed by atoms with van der Waals surface area (Å²) in [5.74, 6) is -6.20. The summed E-state index contributed by atoms with van der Waals surface area (Å²) in [6, 6.07) is 14.9. The number of hydrogen-bond donors (Lipinski definition) is 5. The maximum Gasteiger partial charge on any atom is 0.321 e. The van der Waals surface area contributed by atoms with Crippen LogP contribution in [0.2, 0.25) is 0 Å². The maximum atomic E-state index is 12.1. The lowest BCUT2D eigenvalue weighted by atomic mass is 10.0. The van der Waals surface area contributed by atoms with Crippen molar-refractivity contribution in [1.82, 2.24) is 14.7 Å². The lowest BCUT2D eigenvalue weighted by Gasteiger charge is -2.32. The van der Waals surface area contributed by atoms with Crippen LogP contribution in [0.25, 0.3) is 0 Å². The van der Waals surface area contributed by atoms with Gasteiger partial charge in [0.25, 0.3) is 0 Å². The van der Waals surface area contributed by atoms with Gasteiger partial charge in [-0.25, -0.2) is 0 Å². The van der Waals surface area contributed by atoms with E-state index in [1.54, 1.807) is 60.7 Å². The van der Waals surface area contributed by atoms with Gasteiger partial charge in [0.2, 0.25) is 0 Å². The van der Waals surface area contributed by atoms with E-state index in [0.717, 1.165) is 0 Å². The standard InChI is InChI=1S/C28H35N3O10/c32-24(33)17-29(11-13-30(18-25(34)35)22(27(38)39)15-20-7-3-1-4-8-20)12-14-31(19-26(36)37)23(28(40)41)16-21-9-5-2-6-10-21/h1-10,22-23H,11-19H2,(H,32,33)(H,34,35)(H,36,37)(H,38,39)(H,40,41)/t22-,23-/m0/s1. The number of carboxylic acid groups (broad SMARTS) is 5. The largest absolute Gasteiger partial charge is 0.480 e. The van der Waals surface area contributed by atoms with Crippen LogP contribution in [0.15, 0.2) is 60.7 Å². The monoisotopic (exact) mass is 573 g/mol. The Kier molecular flexibility index (Phi) is 13.4. The number of rotatable bonds is 20. The molecule has 41 heavy (non-hydrogen) atoms. The predicted octanol–water partition coefficient (Wildman–Crippen LogP) is 0.538. The van der Waals surface area contributed by atoms with Crippen LogP contribution >= 0.6 is 0 Å². The molecule has 0 aromatic heterocycles. The van der Waals surface area contributed by atoms with Gasteiger partial charge in [-0.05, 0) is 24.0 Å². The normalized spacial score (nSPS) is 12.8. The SMILES string of the molecule is O=C(O)CN(CCN(CC(=O)O)[C@@H](Cc1ccccc1)C(=O)O)CCN(CC(=O)O)[C@@H](Cc1ccccc1)C(=O)O. The van der Waals surface area contributed by atoms with E-state index >= 15 is 0 Å². The Morgan fingerprint density at radius 3 is 1.15 bits per heavy atom. The van der Waals surface area contributed by atoms with Crippen molar-refractivity contribution in [1.29, 1.82) is 0 Å².